The van der Waals surface area contributed by atoms with Gasteiger partial charge in [0.05, 0.1) is 24.7 Å². The summed E-state index contributed by atoms with van der Waals surface area (Å²) in [5, 5.41) is 6.39. The van der Waals surface area contributed by atoms with Crippen molar-refractivity contribution in [3.05, 3.63) is 29.8 Å². The maximum absolute atomic E-state index is 12.5. The van der Waals surface area contributed by atoms with Gasteiger partial charge in [0.1, 0.15) is 0 Å². The number of guanidine groups is 1. The zero-order valence-corrected chi connectivity index (χ0v) is 20.2. The van der Waals surface area contributed by atoms with Gasteiger partial charge in [-0.15, -0.1) is 24.0 Å². The predicted octanol–water partition coefficient (Wildman–Crippen LogP) is 1.66. The summed E-state index contributed by atoms with van der Waals surface area (Å²) in [4.78, 5) is 4.79. The Bertz CT molecular complexity index is 684. The molecule has 8 nitrogen and oxygen atoms in total. The van der Waals surface area contributed by atoms with Gasteiger partial charge in [-0.05, 0) is 25.0 Å². The Kier molecular flexibility index (Phi) is 14.5. The fourth-order valence-corrected chi connectivity index (χ4v) is 3.32. The van der Waals surface area contributed by atoms with E-state index in [2.05, 4.69) is 15.6 Å². The Morgan fingerprint density at radius 2 is 1.86 bits per heavy atom. The van der Waals surface area contributed by atoms with Crippen LogP contribution in [-0.4, -0.2) is 72.8 Å². The molecule has 0 unspecified atom stereocenters. The summed E-state index contributed by atoms with van der Waals surface area (Å²) in [5.74, 6) is 0.645. The first kappa shape index (κ1) is 27.0. The normalized spacial score (nSPS) is 12.0. The summed E-state index contributed by atoms with van der Waals surface area (Å²) in [5.41, 5.74) is 0.659. The third-order valence-corrected chi connectivity index (χ3v) is 5.59. The summed E-state index contributed by atoms with van der Waals surface area (Å²) in [6.07, 6.45) is 0.833. The number of sulfonamides is 1. The lowest BCUT2D eigenvalue weighted by Gasteiger charge is -2.15. The molecule has 0 amide bonds. The van der Waals surface area contributed by atoms with Gasteiger partial charge in [0, 0.05) is 40.9 Å². The Hall–Kier alpha value is -0.950. The van der Waals surface area contributed by atoms with Gasteiger partial charge in [-0.25, -0.2) is 17.7 Å². The van der Waals surface area contributed by atoms with Crippen molar-refractivity contribution in [2.45, 2.75) is 24.8 Å². The van der Waals surface area contributed by atoms with Crippen molar-refractivity contribution in [2.75, 3.05) is 54.1 Å². The smallest absolute Gasteiger partial charge is 0.242 e. The molecule has 162 valence electrons. The second kappa shape index (κ2) is 15.0. The zero-order valence-electron chi connectivity index (χ0n) is 17.1. The van der Waals surface area contributed by atoms with E-state index in [9.17, 15) is 8.42 Å². The van der Waals surface area contributed by atoms with Gasteiger partial charge in [-0.3, -0.25) is 0 Å². The molecule has 2 N–H and O–H groups in total. The van der Waals surface area contributed by atoms with Crippen LogP contribution in [-0.2, 0) is 26.0 Å². The highest BCUT2D eigenvalue weighted by molar-refractivity contribution is 14.0. The Morgan fingerprint density at radius 3 is 2.50 bits per heavy atom. The molecule has 0 spiro atoms. The molecule has 0 atom stereocenters. The summed E-state index contributed by atoms with van der Waals surface area (Å²) in [6.45, 7) is 5.48. The molecule has 0 aromatic heterocycles. The van der Waals surface area contributed by atoms with Crippen molar-refractivity contribution in [1.82, 2.24) is 14.9 Å². The van der Waals surface area contributed by atoms with E-state index in [1.807, 2.05) is 13.0 Å². The van der Waals surface area contributed by atoms with Crippen LogP contribution in [0.25, 0.3) is 0 Å². The molecule has 0 saturated carbocycles. The van der Waals surface area contributed by atoms with E-state index < -0.39 is 10.0 Å². The fraction of sp³-hybridized carbons (Fsp3) is 0.611. The number of methoxy groups -OCH3 is 1. The maximum Gasteiger partial charge on any atom is 0.242 e. The number of aliphatic imine (C=N–C) groups is 1. The van der Waals surface area contributed by atoms with Crippen LogP contribution >= 0.6 is 24.0 Å². The fourth-order valence-electron chi connectivity index (χ4n) is 2.21. The maximum atomic E-state index is 12.5. The van der Waals surface area contributed by atoms with E-state index in [-0.39, 0.29) is 35.4 Å². The first-order chi connectivity index (χ1) is 12.9. The van der Waals surface area contributed by atoms with Gasteiger partial charge in [-0.2, -0.15) is 0 Å². The number of hydrogen-bond acceptors (Lipinski definition) is 5. The number of ether oxygens (including phenoxy) is 2. The summed E-state index contributed by atoms with van der Waals surface area (Å²) < 4.78 is 36.5. The highest BCUT2D eigenvalue weighted by Crippen LogP contribution is 2.19. The van der Waals surface area contributed by atoms with E-state index in [4.69, 9.17) is 9.47 Å². The quantitative estimate of drug-likeness (QED) is 0.186. The van der Waals surface area contributed by atoms with Crippen LogP contribution in [0.4, 0.5) is 0 Å². The molecule has 1 aromatic rings. The van der Waals surface area contributed by atoms with Crippen molar-refractivity contribution in [2.24, 2.45) is 4.99 Å². The van der Waals surface area contributed by atoms with Crippen molar-refractivity contribution in [3.63, 3.8) is 0 Å². The molecule has 0 saturated heterocycles. The van der Waals surface area contributed by atoms with Gasteiger partial charge >= 0.3 is 0 Å². The van der Waals surface area contributed by atoms with Gasteiger partial charge in [0.15, 0.2) is 5.96 Å². The van der Waals surface area contributed by atoms with E-state index in [0.29, 0.717) is 44.4 Å². The minimum absolute atomic E-state index is 0. The van der Waals surface area contributed by atoms with Gasteiger partial charge in [0.25, 0.3) is 0 Å². The summed E-state index contributed by atoms with van der Waals surface area (Å²) in [6, 6.07) is 6.93. The lowest BCUT2D eigenvalue weighted by molar-refractivity contribution is 0.0698. The van der Waals surface area contributed by atoms with Crippen LogP contribution in [0.5, 0.6) is 0 Å². The number of nitrogens with zero attached hydrogens (tertiary/aromatic N) is 2. The molecule has 0 heterocycles. The van der Waals surface area contributed by atoms with Gasteiger partial charge in [0.2, 0.25) is 10.0 Å². The molecule has 28 heavy (non-hydrogen) atoms. The number of halogens is 1. The van der Waals surface area contributed by atoms with E-state index in [0.717, 1.165) is 6.42 Å². The number of hydrogen-bond donors (Lipinski definition) is 2. The lowest BCUT2D eigenvalue weighted by Crippen LogP contribution is -2.38. The Morgan fingerprint density at radius 1 is 1.14 bits per heavy atom. The molecule has 0 aliphatic heterocycles. The van der Waals surface area contributed by atoms with Crippen LogP contribution in [0.15, 0.2) is 34.2 Å². The third-order valence-electron chi connectivity index (χ3n) is 3.67. The lowest BCUT2D eigenvalue weighted by atomic mass is 10.2. The molecular weight excluding hydrogens is 495 g/mol. The number of rotatable bonds is 12. The molecule has 1 aromatic carbocycles. The molecule has 0 aliphatic carbocycles. The van der Waals surface area contributed by atoms with Crippen LogP contribution in [0.3, 0.4) is 0 Å². The monoisotopic (exact) mass is 528 g/mol. The molecule has 0 aliphatic rings. The van der Waals surface area contributed by atoms with Gasteiger partial charge < -0.3 is 20.1 Å². The van der Waals surface area contributed by atoms with Crippen LogP contribution < -0.4 is 10.6 Å². The minimum Gasteiger partial charge on any atom is -0.382 e. The topological polar surface area (TPSA) is 92.3 Å². The largest absolute Gasteiger partial charge is 0.382 e. The van der Waals surface area contributed by atoms with Crippen molar-refractivity contribution in [3.8, 4) is 0 Å². The van der Waals surface area contributed by atoms with E-state index >= 15 is 0 Å². The van der Waals surface area contributed by atoms with Crippen molar-refractivity contribution >= 4 is 40.0 Å². The molecule has 0 radical (unpaired) electrons. The van der Waals surface area contributed by atoms with Crippen LogP contribution in [0.1, 0.15) is 18.9 Å². The second-order valence-electron chi connectivity index (χ2n) is 5.98. The SMILES string of the molecule is CCNC(=NCc1ccccc1S(=O)(=O)N(C)C)NCCCOCCOC.I. The minimum atomic E-state index is -3.50. The molecular formula is C18H33IN4O4S. The standard InChI is InChI=1S/C18H32N4O4S.HI/c1-5-19-18(20-11-8-12-26-14-13-25-4)21-15-16-9-6-7-10-17(16)27(23,24)22(2)3;/h6-7,9-10H,5,8,11-15H2,1-4H3,(H2,19,20,21);1H. The van der Waals surface area contributed by atoms with E-state index in [1.165, 1.54) is 18.4 Å². The molecule has 0 fully saturated rings. The zero-order chi connectivity index (χ0) is 20.1. The van der Waals surface area contributed by atoms with Crippen LogP contribution in [0, 0.1) is 0 Å². The average Bonchev–Trinajstić information content (AvgIpc) is 2.65. The van der Waals surface area contributed by atoms with Crippen LogP contribution in [0.2, 0.25) is 0 Å². The second-order valence-corrected chi connectivity index (χ2v) is 8.10. The average molecular weight is 528 g/mol. The summed E-state index contributed by atoms with van der Waals surface area (Å²) in [7, 11) is 1.19. The molecule has 0 bridgehead atoms. The Balaban J connectivity index is 0.00000729. The van der Waals surface area contributed by atoms with Crippen molar-refractivity contribution in [1.29, 1.82) is 0 Å². The highest BCUT2D eigenvalue weighted by atomic mass is 127. The number of nitrogens with one attached hydrogen (secondary N) is 2. The first-order valence-electron chi connectivity index (χ1n) is 9.02. The predicted molar refractivity (Wildman–Crippen MR) is 123 cm³/mol. The summed E-state index contributed by atoms with van der Waals surface area (Å²) >= 11 is 0. The highest BCUT2D eigenvalue weighted by Gasteiger charge is 2.20. The Labute approximate surface area is 186 Å². The number of benzene rings is 1. The molecule has 10 heteroatoms. The van der Waals surface area contributed by atoms with Gasteiger partial charge in [-0.1, -0.05) is 18.2 Å². The molecule has 1 rings (SSSR count). The van der Waals surface area contributed by atoms with Crippen molar-refractivity contribution < 1.29 is 17.9 Å². The first-order valence-corrected chi connectivity index (χ1v) is 10.5. The van der Waals surface area contributed by atoms with E-state index in [1.54, 1.807) is 25.3 Å². The third kappa shape index (κ3) is 9.50.